The van der Waals surface area contributed by atoms with Gasteiger partial charge in [-0.3, -0.25) is 19.4 Å². The summed E-state index contributed by atoms with van der Waals surface area (Å²) >= 11 is 0. The molecule has 11 heteroatoms. The molecule has 2 N–H and O–H groups in total. The normalized spacial score (nSPS) is 14.9. The average molecular weight is 489 g/mol. The molecule has 0 unspecified atom stereocenters. The highest BCUT2D eigenvalue weighted by atomic mass is 32.2. The average Bonchev–Trinajstić information content (AvgIpc) is 3.06. The number of pyridine rings is 1. The van der Waals surface area contributed by atoms with E-state index in [1.165, 1.54) is 37.4 Å². The third-order valence-electron chi connectivity index (χ3n) is 5.25. The summed E-state index contributed by atoms with van der Waals surface area (Å²) in [6, 6.07) is 11.8. The van der Waals surface area contributed by atoms with E-state index in [2.05, 4.69) is 19.4 Å². The molecular weight excluding hydrogens is 464 g/mol. The maximum atomic E-state index is 13.1. The van der Waals surface area contributed by atoms with Crippen LogP contribution in [0.15, 0.2) is 69.5 Å². The van der Waals surface area contributed by atoms with E-state index in [0.29, 0.717) is 35.5 Å². The van der Waals surface area contributed by atoms with Crippen LogP contribution < -0.4 is 14.2 Å². The zero-order valence-electron chi connectivity index (χ0n) is 18.0. The lowest BCUT2D eigenvalue weighted by molar-refractivity contribution is 0.418. The first kappa shape index (κ1) is 23.0. The van der Waals surface area contributed by atoms with E-state index in [9.17, 15) is 16.8 Å². The van der Waals surface area contributed by atoms with Gasteiger partial charge in [0, 0.05) is 30.2 Å². The Hall–Kier alpha value is -3.18. The number of nitrogens with zero attached hydrogens (tertiary/aromatic N) is 2. The third kappa shape index (κ3) is 5.09. The number of aromatic nitrogens is 1. The molecule has 2 aromatic carbocycles. The van der Waals surface area contributed by atoms with Crippen LogP contribution >= 0.6 is 0 Å². The number of anilines is 1. The zero-order valence-corrected chi connectivity index (χ0v) is 19.6. The van der Waals surface area contributed by atoms with Crippen molar-refractivity contribution in [3.63, 3.8) is 0 Å². The van der Waals surface area contributed by atoms with E-state index in [0.717, 1.165) is 19.3 Å². The van der Waals surface area contributed by atoms with Crippen molar-refractivity contribution >= 4 is 42.5 Å². The van der Waals surface area contributed by atoms with Gasteiger partial charge in [-0.05, 0) is 61.4 Å². The molecule has 1 aromatic heterocycles. The summed E-state index contributed by atoms with van der Waals surface area (Å²) in [5, 5.41) is 0.414. The predicted octanol–water partition coefficient (Wildman–Crippen LogP) is 3.30. The SMILES string of the molecule is COc1ccc(S(=O)(=O)Nc2ccc(S(=O)(=O)NC3=NCCCCC3)cc2)c2cccnc12. The standard InChI is InChI=1S/C22H24N4O5S2/c1-31-19-12-13-20(18-6-5-15-24-22(18)19)33(29,30)25-16-8-10-17(11-9-16)32(27,28)26-21-7-3-2-4-14-23-21/h5-6,8-13,15,25H,2-4,7,14H2,1H3,(H,23,26). The molecule has 1 aliphatic heterocycles. The summed E-state index contributed by atoms with van der Waals surface area (Å²) in [6.45, 7) is 0.605. The van der Waals surface area contributed by atoms with Crippen molar-refractivity contribution in [3.05, 3.63) is 54.7 Å². The molecule has 0 fully saturated rings. The van der Waals surface area contributed by atoms with E-state index in [4.69, 9.17) is 4.74 Å². The minimum Gasteiger partial charge on any atom is -0.494 e. The van der Waals surface area contributed by atoms with Crippen molar-refractivity contribution in [1.29, 1.82) is 0 Å². The highest BCUT2D eigenvalue weighted by Crippen LogP contribution is 2.30. The number of hydrogen-bond donors (Lipinski definition) is 2. The Balaban J connectivity index is 1.57. The summed E-state index contributed by atoms with van der Waals surface area (Å²) in [5.41, 5.74) is 0.658. The summed E-state index contributed by atoms with van der Waals surface area (Å²) in [4.78, 5) is 8.58. The van der Waals surface area contributed by atoms with Crippen molar-refractivity contribution < 1.29 is 21.6 Å². The number of amidine groups is 1. The number of nitrogens with one attached hydrogen (secondary N) is 2. The van der Waals surface area contributed by atoms with Crippen LogP contribution in [0.5, 0.6) is 5.75 Å². The van der Waals surface area contributed by atoms with Gasteiger partial charge in [-0.2, -0.15) is 0 Å². The van der Waals surface area contributed by atoms with Crippen molar-refractivity contribution in [2.24, 2.45) is 4.99 Å². The zero-order chi connectivity index (χ0) is 23.5. The van der Waals surface area contributed by atoms with Crippen LogP contribution in [0.25, 0.3) is 10.9 Å². The van der Waals surface area contributed by atoms with E-state index >= 15 is 0 Å². The number of ether oxygens (including phenoxy) is 1. The second-order valence-electron chi connectivity index (χ2n) is 7.54. The van der Waals surface area contributed by atoms with Crippen molar-refractivity contribution in [2.75, 3.05) is 18.4 Å². The van der Waals surface area contributed by atoms with Crippen LogP contribution in [0.3, 0.4) is 0 Å². The lowest BCUT2D eigenvalue weighted by Crippen LogP contribution is -2.30. The van der Waals surface area contributed by atoms with Crippen molar-refractivity contribution in [3.8, 4) is 5.75 Å². The van der Waals surface area contributed by atoms with Crippen LogP contribution in [-0.2, 0) is 20.0 Å². The highest BCUT2D eigenvalue weighted by molar-refractivity contribution is 7.93. The molecule has 0 amide bonds. The minimum absolute atomic E-state index is 0.0245. The lowest BCUT2D eigenvalue weighted by Gasteiger charge is -2.13. The Labute approximate surface area is 193 Å². The highest BCUT2D eigenvalue weighted by Gasteiger charge is 2.21. The van der Waals surface area contributed by atoms with Gasteiger partial charge >= 0.3 is 0 Å². The predicted molar refractivity (Wildman–Crippen MR) is 127 cm³/mol. The Kier molecular flexibility index (Phi) is 6.52. The summed E-state index contributed by atoms with van der Waals surface area (Å²) < 4.78 is 61.8. The molecule has 0 atom stereocenters. The smallest absolute Gasteiger partial charge is 0.262 e. The Bertz CT molecular complexity index is 1400. The molecule has 4 rings (SSSR count). The molecule has 0 aliphatic carbocycles. The molecule has 9 nitrogen and oxygen atoms in total. The maximum absolute atomic E-state index is 13.1. The monoisotopic (exact) mass is 488 g/mol. The van der Waals surface area contributed by atoms with Gasteiger partial charge in [0.15, 0.2) is 0 Å². The molecule has 1 aliphatic rings. The summed E-state index contributed by atoms with van der Waals surface area (Å²) in [7, 11) is -6.29. The molecule has 2 heterocycles. The first-order chi connectivity index (χ1) is 15.8. The van der Waals surface area contributed by atoms with Crippen LogP contribution in [0, 0.1) is 0 Å². The van der Waals surface area contributed by atoms with Gasteiger partial charge in [-0.15, -0.1) is 0 Å². The molecule has 174 valence electrons. The quantitative estimate of drug-likeness (QED) is 0.548. The summed E-state index contributed by atoms with van der Waals surface area (Å²) in [6.07, 6.45) is 4.99. The van der Waals surface area contributed by atoms with Gasteiger partial charge in [0.25, 0.3) is 20.0 Å². The lowest BCUT2D eigenvalue weighted by atomic mass is 10.2. The number of hydrogen-bond acceptors (Lipinski definition) is 7. The fourth-order valence-electron chi connectivity index (χ4n) is 3.60. The number of benzene rings is 2. The number of sulfonamides is 2. The fourth-order valence-corrected chi connectivity index (χ4v) is 5.95. The third-order valence-corrected chi connectivity index (χ3v) is 8.08. The number of rotatable bonds is 6. The largest absolute Gasteiger partial charge is 0.494 e. The maximum Gasteiger partial charge on any atom is 0.262 e. The van der Waals surface area contributed by atoms with E-state index in [1.807, 2.05) is 0 Å². The Morgan fingerprint density at radius 1 is 0.879 bits per heavy atom. The molecule has 0 saturated carbocycles. The van der Waals surface area contributed by atoms with E-state index < -0.39 is 20.0 Å². The molecule has 0 bridgehead atoms. The van der Waals surface area contributed by atoms with Crippen molar-refractivity contribution in [2.45, 2.75) is 35.5 Å². The summed E-state index contributed by atoms with van der Waals surface area (Å²) in [5.74, 6) is 0.919. The van der Waals surface area contributed by atoms with Gasteiger partial charge in [0.05, 0.1) is 16.9 Å². The van der Waals surface area contributed by atoms with E-state index in [-0.39, 0.29) is 15.5 Å². The first-order valence-electron chi connectivity index (χ1n) is 10.4. The van der Waals surface area contributed by atoms with Crippen LogP contribution in [0.2, 0.25) is 0 Å². The van der Waals surface area contributed by atoms with Crippen molar-refractivity contribution in [1.82, 2.24) is 9.71 Å². The number of fused-ring (bicyclic) bond motifs is 1. The molecular formula is C22H24N4O5S2. The second kappa shape index (κ2) is 9.36. The Morgan fingerprint density at radius 2 is 1.67 bits per heavy atom. The van der Waals surface area contributed by atoms with Gasteiger partial charge < -0.3 is 4.74 Å². The van der Waals surface area contributed by atoms with Gasteiger partial charge in [-0.1, -0.05) is 6.42 Å². The van der Waals surface area contributed by atoms with Crippen LogP contribution in [-0.4, -0.2) is 41.3 Å². The first-order valence-corrected chi connectivity index (χ1v) is 13.4. The second-order valence-corrected chi connectivity index (χ2v) is 10.9. The van der Waals surface area contributed by atoms with Crippen LogP contribution in [0.1, 0.15) is 25.7 Å². The number of aliphatic imine (C=N–C) groups is 1. The van der Waals surface area contributed by atoms with E-state index in [1.54, 1.807) is 24.4 Å². The topological polar surface area (TPSA) is 127 Å². The fraction of sp³-hybridized carbons (Fsp3) is 0.273. The molecule has 0 radical (unpaired) electrons. The minimum atomic E-state index is -3.97. The Morgan fingerprint density at radius 3 is 2.42 bits per heavy atom. The molecule has 3 aromatic rings. The molecule has 33 heavy (non-hydrogen) atoms. The van der Waals surface area contributed by atoms with Crippen LogP contribution in [0.4, 0.5) is 5.69 Å². The van der Waals surface area contributed by atoms with Gasteiger partial charge in [0.2, 0.25) is 0 Å². The van der Waals surface area contributed by atoms with Gasteiger partial charge in [-0.25, -0.2) is 16.8 Å². The number of methoxy groups -OCH3 is 1. The van der Waals surface area contributed by atoms with Gasteiger partial charge in [0.1, 0.15) is 17.1 Å². The molecule has 0 spiro atoms. The molecule has 0 saturated heterocycles.